The molecule has 5 rings (SSSR count). The Hall–Kier alpha value is -3.53. The Labute approximate surface area is 176 Å². The van der Waals surface area contributed by atoms with Gasteiger partial charge < -0.3 is 9.72 Å². The second kappa shape index (κ2) is 7.71. The average molecular weight is 396 g/mol. The van der Waals surface area contributed by atoms with Gasteiger partial charge in [-0.3, -0.25) is 4.90 Å². The molecule has 0 saturated carbocycles. The van der Waals surface area contributed by atoms with Crippen molar-refractivity contribution in [2.24, 2.45) is 0 Å². The van der Waals surface area contributed by atoms with Gasteiger partial charge in [-0.15, -0.1) is 0 Å². The van der Waals surface area contributed by atoms with Gasteiger partial charge in [0.1, 0.15) is 6.61 Å². The van der Waals surface area contributed by atoms with Crippen LogP contribution in [0.2, 0.25) is 0 Å². The monoisotopic (exact) mass is 396 g/mol. The second-order valence-corrected chi connectivity index (χ2v) is 7.79. The van der Waals surface area contributed by atoms with Crippen LogP contribution in [0.4, 0.5) is 4.79 Å². The number of carbonyl (C=O) groups is 1. The minimum absolute atomic E-state index is 0.172. The number of carbonyl (C=O) groups excluding carboxylic acids is 1. The fourth-order valence-electron chi connectivity index (χ4n) is 4.53. The summed E-state index contributed by atoms with van der Waals surface area (Å²) in [5.41, 5.74) is 6.77. The molecule has 0 radical (unpaired) electrons. The van der Waals surface area contributed by atoms with E-state index in [1.165, 1.54) is 11.1 Å². The lowest BCUT2D eigenvalue weighted by atomic mass is 9.87. The molecule has 4 nitrogen and oxygen atoms in total. The van der Waals surface area contributed by atoms with Crippen LogP contribution in [0.5, 0.6) is 0 Å². The van der Waals surface area contributed by atoms with Crippen LogP contribution in [-0.4, -0.2) is 22.5 Å². The summed E-state index contributed by atoms with van der Waals surface area (Å²) in [5, 5.41) is 1.15. The Morgan fingerprint density at radius 2 is 1.73 bits per heavy atom. The molecule has 1 aliphatic rings. The third kappa shape index (κ3) is 3.24. The first kappa shape index (κ1) is 18.5. The van der Waals surface area contributed by atoms with Gasteiger partial charge in [-0.05, 0) is 36.1 Å². The topological polar surface area (TPSA) is 45.3 Å². The molecule has 4 heteroatoms. The number of nitrogens with zero attached hydrogens (tertiary/aromatic N) is 1. The van der Waals surface area contributed by atoms with Crippen molar-refractivity contribution in [3.63, 3.8) is 0 Å². The van der Waals surface area contributed by atoms with Gasteiger partial charge in [0.25, 0.3) is 0 Å². The first-order chi connectivity index (χ1) is 14.7. The van der Waals surface area contributed by atoms with Crippen LogP contribution in [0.3, 0.4) is 0 Å². The lowest BCUT2D eigenvalue weighted by Gasteiger charge is -2.37. The van der Waals surface area contributed by atoms with Crippen LogP contribution in [0, 0.1) is 6.92 Å². The van der Waals surface area contributed by atoms with Crippen LogP contribution in [-0.2, 0) is 17.8 Å². The highest BCUT2D eigenvalue weighted by molar-refractivity contribution is 5.86. The van der Waals surface area contributed by atoms with Gasteiger partial charge in [-0.2, -0.15) is 0 Å². The van der Waals surface area contributed by atoms with Gasteiger partial charge in [-0.25, -0.2) is 4.79 Å². The van der Waals surface area contributed by atoms with E-state index in [0.29, 0.717) is 6.54 Å². The maximum absolute atomic E-state index is 13.2. The van der Waals surface area contributed by atoms with E-state index in [4.69, 9.17) is 4.74 Å². The van der Waals surface area contributed by atoms with Crippen molar-refractivity contribution in [2.75, 3.05) is 6.54 Å². The number of hydrogen-bond acceptors (Lipinski definition) is 2. The van der Waals surface area contributed by atoms with E-state index in [2.05, 4.69) is 48.3 Å². The Morgan fingerprint density at radius 3 is 2.60 bits per heavy atom. The van der Waals surface area contributed by atoms with Gasteiger partial charge in [0.15, 0.2) is 0 Å². The fraction of sp³-hybridized carbons (Fsp3) is 0.192. The van der Waals surface area contributed by atoms with E-state index in [1.54, 1.807) is 0 Å². The van der Waals surface area contributed by atoms with Gasteiger partial charge >= 0.3 is 6.09 Å². The van der Waals surface area contributed by atoms with Gasteiger partial charge in [0.2, 0.25) is 0 Å². The summed E-state index contributed by atoms with van der Waals surface area (Å²) in [7, 11) is 0. The molecule has 1 amide bonds. The van der Waals surface area contributed by atoms with E-state index in [9.17, 15) is 4.79 Å². The Balaban J connectivity index is 1.55. The number of nitrogens with one attached hydrogen (secondary N) is 1. The zero-order valence-electron chi connectivity index (χ0n) is 17.0. The highest BCUT2D eigenvalue weighted by atomic mass is 16.6. The summed E-state index contributed by atoms with van der Waals surface area (Å²) in [6.45, 7) is 2.99. The molecule has 1 atom stereocenters. The number of aromatic amines is 1. The van der Waals surface area contributed by atoms with E-state index in [-0.39, 0.29) is 18.7 Å². The highest BCUT2D eigenvalue weighted by Crippen LogP contribution is 2.40. The minimum atomic E-state index is -0.275. The number of aromatic nitrogens is 1. The first-order valence-electron chi connectivity index (χ1n) is 10.3. The quantitative estimate of drug-likeness (QED) is 0.478. The fourth-order valence-corrected chi connectivity index (χ4v) is 4.53. The van der Waals surface area contributed by atoms with Crippen molar-refractivity contribution >= 4 is 17.0 Å². The molecule has 0 saturated heterocycles. The van der Waals surface area contributed by atoms with E-state index >= 15 is 0 Å². The van der Waals surface area contributed by atoms with Crippen LogP contribution >= 0.6 is 0 Å². The summed E-state index contributed by atoms with van der Waals surface area (Å²) in [4.78, 5) is 18.6. The number of H-pyrrole nitrogens is 1. The lowest BCUT2D eigenvalue weighted by Crippen LogP contribution is -2.41. The van der Waals surface area contributed by atoms with Crippen LogP contribution in [0.25, 0.3) is 10.9 Å². The lowest BCUT2D eigenvalue weighted by molar-refractivity contribution is 0.0838. The minimum Gasteiger partial charge on any atom is -0.445 e. The van der Waals surface area contributed by atoms with E-state index in [0.717, 1.165) is 34.1 Å². The maximum Gasteiger partial charge on any atom is 0.410 e. The second-order valence-electron chi connectivity index (χ2n) is 7.79. The molecule has 4 aromatic rings. The third-order valence-electron chi connectivity index (χ3n) is 5.94. The number of para-hydroxylation sites is 1. The molecule has 2 heterocycles. The molecule has 0 spiro atoms. The molecular weight excluding hydrogens is 372 g/mol. The van der Waals surface area contributed by atoms with E-state index in [1.807, 2.05) is 47.4 Å². The van der Waals surface area contributed by atoms with Crippen LogP contribution in [0.1, 0.15) is 34.0 Å². The van der Waals surface area contributed by atoms with Gasteiger partial charge in [0, 0.05) is 28.7 Å². The SMILES string of the molecule is Cc1[nH]c2ccccc2c1C1c2ccccc2CCN1C(=O)OCc1ccccc1. The molecule has 0 fully saturated rings. The molecule has 150 valence electrons. The van der Waals surface area contributed by atoms with Gasteiger partial charge in [-0.1, -0.05) is 72.8 Å². The molecular formula is C26H24N2O2. The molecule has 1 aliphatic heterocycles. The van der Waals surface area contributed by atoms with E-state index < -0.39 is 0 Å². The maximum atomic E-state index is 13.2. The molecule has 1 aromatic heterocycles. The number of ether oxygens (including phenoxy) is 1. The van der Waals surface area contributed by atoms with Crippen molar-refractivity contribution in [3.8, 4) is 0 Å². The average Bonchev–Trinajstić information content (AvgIpc) is 3.12. The van der Waals surface area contributed by atoms with Crippen LogP contribution < -0.4 is 0 Å². The smallest absolute Gasteiger partial charge is 0.410 e. The molecule has 30 heavy (non-hydrogen) atoms. The molecule has 0 aliphatic carbocycles. The van der Waals surface area contributed by atoms with Crippen LogP contribution in [0.15, 0.2) is 78.9 Å². The predicted octanol–water partition coefficient (Wildman–Crippen LogP) is 5.76. The summed E-state index contributed by atoms with van der Waals surface area (Å²) in [5.74, 6) is 0. The number of benzene rings is 3. The Morgan fingerprint density at radius 1 is 1.00 bits per heavy atom. The van der Waals surface area contributed by atoms with Crippen molar-refractivity contribution in [1.29, 1.82) is 0 Å². The number of amides is 1. The molecule has 1 unspecified atom stereocenters. The summed E-state index contributed by atoms with van der Waals surface area (Å²) >= 11 is 0. The van der Waals surface area contributed by atoms with Crippen molar-refractivity contribution in [1.82, 2.24) is 9.88 Å². The zero-order chi connectivity index (χ0) is 20.5. The van der Waals surface area contributed by atoms with Crippen molar-refractivity contribution < 1.29 is 9.53 Å². The number of fused-ring (bicyclic) bond motifs is 2. The molecule has 1 N–H and O–H groups in total. The molecule has 3 aromatic carbocycles. The summed E-state index contributed by atoms with van der Waals surface area (Å²) in [6.07, 6.45) is 0.553. The highest BCUT2D eigenvalue weighted by Gasteiger charge is 2.35. The number of rotatable bonds is 3. The van der Waals surface area contributed by atoms with Gasteiger partial charge in [0.05, 0.1) is 6.04 Å². The summed E-state index contributed by atoms with van der Waals surface area (Å²) in [6, 6.07) is 26.4. The number of hydrogen-bond donors (Lipinski definition) is 1. The standard InChI is InChI=1S/C26H24N2O2/c1-18-24(22-13-7-8-14-23(22)27-18)25-21-12-6-5-11-20(21)15-16-28(25)26(29)30-17-19-9-3-2-4-10-19/h2-14,25,27H,15-17H2,1H3. The molecule has 0 bridgehead atoms. The summed E-state index contributed by atoms with van der Waals surface area (Å²) < 4.78 is 5.74. The predicted molar refractivity (Wildman–Crippen MR) is 118 cm³/mol. The number of aryl methyl sites for hydroxylation is 1. The Bertz CT molecular complexity index is 1200. The van der Waals surface area contributed by atoms with Crippen molar-refractivity contribution in [3.05, 3.63) is 107 Å². The normalized spacial score (nSPS) is 15.8. The van der Waals surface area contributed by atoms with Crippen molar-refractivity contribution in [2.45, 2.75) is 26.0 Å². The first-order valence-corrected chi connectivity index (χ1v) is 10.3. The third-order valence-corrected chi connectivity index (χ3v) is 5.94. The largest absolute Gasteiger partial charge is 0.445 e. The zero-order valence-corrected chi connectivity index (χ0v) is 17.0. The Kier molecular flexibility index (Phi) is 4.75.